The number of nitrogens with one attached hydrogen (secondary N) is 2. The second kappa shape index (κ2) is 9.84. The fraction of sp³-hybridized carbons (Fsp3) is 0.158. The van der Waals surface area contributed by atoms with Crippen LogP contribution in [0.25, 0.3) is 11.4 Å². The van der Waals surface area contributed by atoms with E-state index < -0.39 is 11.8 Å². The van der Waals surface area contributed by atoms with Crippen molar-refractivity contribution in [1.29, 1.82) is 0 Å². The fourth-order valence-corrected chi connectivity index (χ4v) is 3.52. The number of rotatable bonds is 6. The molecule has 156 valence electrons. The van der Waals surface area contributed by atoms with E-state index in [4.69, 9.17) is 27.9 Å². The summed E-state index contributed by atoms with van der Waals surface area (Å²) in [5.74, 6) is 0.0616. The zero-order valence-electron chi connectivity index (χ0n) is 16.0. The Kier molecular flexibility index (Phi) is 7.20. The molecule has 0 aliphatic rings. The molecule has 8 nitrogen and oxygen atoms in total. The van der Waals surface area contributed by atoms with Crippen LogP contribution in [-0.2, 0) is 11.8 Å². The van der Waals surface area contributed by atoms with Crippen LogP contribution in [0.15, 0.2) is 47.6 Å². The van der Waals surface area contributed by atoms with Crippen LogP contribution >= 0.6 is 35.0 Å². The predicted molar refractivity (Wildman–Crippen MR) is 116 cm³/mol. The first-order valence-electron chi connectivity index (χ1n) is 8.60. The lowest BCUT2D eigenvalue weighted by molar-refractivity contribution is -0.119. The summed E-state index contributed by atoms with van der Waals surface area (Å²) in [4.78, 5) is 24.4. The number of hydrogen-bond donors (Lipinski definition) is 2. The van der Waals surface area contributed by atoms with Crippen molar-refractivity contribution in [2.24, 2.45) is 7.05 Å². The smallest absolute Gasteiger partial charge is 0.273 e. The average molecular weight is 466 g/mol. The van der Waals surface area contributed by atoms with Gasteiger partial charge in [-0.3, -0.25) is 20.4 Å². The van der Waals surface area contributed by atoms with E-state index in [1.807, 2.05) is 12.1 Å². The maximum atomic E-state index is 12.3. The molecule has 0 saturated heterocycles. The molecule has 0 aliphatic heterocycles. The Morgan fingerprint density at radius 2 is 1.77 bits per heavy atom. The molecule has 0 radical (unpaired) electrons. The molecule has 0 unspecified atom stereocenters. The zero-order chi connectivity index (χ0) is 21.7. The monoisotopic (exact) mass is 465 g/mol. The van der Waals surface area contributed by atoms with E-state index in [9.17, 15) is 9.59 Å². The van der Waals surface area contributed by atoms with Gasteiger partial charge in [0.05, 0.1) is 18.4 Å². The van der Waals surface area contributed by atoms with E-state index in [0.717, 1.165) is 5.56 Å². The van der Waals surface area contributed by atoms with E-state index in [0.29, 0.717) is 26.8 Å². The van der Waals surface area contributed by atoms with Crippen molar-refractivity contribution in [3.8, 4) is 17.1 Å². The Labute approximate surface area is 186 Å². The molecule has 11 heteroatoms. The van der Waals surface area contributed by atoms with Gasteiger partial charge in [0.1, 0.15) is 5.75 Å². The molecule has 0 bridgehead atoms. The third kappa shape index (κ3) is 5.24. The summed E-state index contributed by atoms with van der Waals surface area (Å²) in [7, 11) is 3.24. The van der Waals surface area contributed by atoms with Gasteiger partial charge in [0.2, 0.25) is 5.91 Å². The maximum Gasteiger partial charge on any atom is 0.273 e. The molecule has 0 saturated carbocycles. The predicted octanol–water partition coefficient (Wildman–Crippen LogP) is 3.35. The highest BCUT2D eigenvalue weighted by Crippen LogP contribution is 2.24. The van der Waals surface area contributed by atoms with Crippen LogP contribution in [0.5, 0.6) is 5.75 Å². The molecule has 0 atom stereocenters. The molecule has 1 heterocycles. The Bertz CT molecular complexity index is 1070. The van der Waals surface area contributed by atoms with Gasteiger partial charge in [0.15, 0.2) is 11.0 Å². The number of halogens is 2. The number of benzene rings is 2. The summed E-state index contributed by atoms with van der Waals surface area (Å²) in [5, 5.41) is 9.82. The Hall–Kier alpha value is -2.75. The van der Waals surface area contributed by atoms with Crippen molar-refractivity contribution < 1.29 is 14.3 Å². The topological polar surface area (TPSA) is 98.1 Å². The van der Waals surface area contributed by atoms with Gasteiger partial charge in [-0.25, -0.2) is 0 Å². The number of ether oxygens (including phenoxy) is 1. The largest absolute Gasteiger partial charge is 0.496 e. The number of carbonyl (C=O) groups excluding carboxylic acids is 2. The normalized spacial score (nSPS) is 10.5. The Morgan fingerprint density at radius 1 is 1.07 bits per heavy atom. The summed E-state index contributed by atoms with van der Waals surface area (Å²) >= 11 is 13.0. The highest BCUT2D eigenvalue weighted by molar-refractivity contribution is 7.99. The maximum absolute atomic E-state index is 12.3. The lowest BCUT2D eigenvalue weighted by atomic mass is 10.2. The molecule has 3 aromatic rings. The van der Waals surface area contributed by atoms with Crippen molar-refractivity contribution in [3.63, 3.8) is 0 Å². The molecular formula is C19H17Cl2N5O3S. The first kappa shape index (κ1) is 21.9. The summed E-state index contributed by atoms with van der Waals surface area (Å²) < 4.78 is 6.90. The number of methoxy groups -OCH3 is 1. The molecule has 2 N–H and O–H groups in total. The van der Waals surface area contributed by atoms with E-state index in [-0.39, 0.29) is 11.3 Å². The molecule has 1 aromatic heterocycles. The summed E-state index contributed by atoms with van der Waals surface area (Å²) in [6.45, 7) is 0. The van der Waals surface area contributed by atoms with Gasteiger partial charge in [-0.1, -0.05) is 35.0 Å². The number of hydrogen-bond acceptors (Lipinski definition) is 6. The average Bonchev–Trinajstić information content (AvgIpc) is 3.11. The van der Waals surface area contributed by atoms with Crippen LogP contribution in [-0.4, -0.2) is 39.4 Å². The summed E-state index contributed by atoms with van der Waals surface area (Å²) in [5.41, 5.74) is 5.76. The van der Waals surface area contributed by atoms with Gasteiger partial charge in [-0.05, 0) is 42.5 Å². The van der Waals surface area contributed by atoms with Gasteiger partial charge in [-0.2, -0.15) is 0 Å². The number of amides is 2. The second-order valence-electron chi connectivity index (χ2n) is 6.01. The van der Waals surface area contributed by atoms with Crippen LogP contribution in [0.1, 0.15) is 10.4 Å². The highest BCUT2D eigenvalue weighted by atomic mass is 35.5. The summed E-state index contributed by atoms with van der Waals surface area (Å²) in [6.07, 6.45) is 0. The fourth-order valence-electron chi connectivity index (χ4n) is 2.51. The molecular weight excluding hydrogens is 449 g/mol. The second-order valence-corrected chi connectivity index (χ2v) is 7.82. The van der Waals surface area contributed by atoms with E-state index in [1.165, 1.54) is 24.9 Å². The number of thioether (sulfide) groups is 1. The van der Waals surface area contributed by atoms with Crippen LogP contribution in [0.3, 0.4) is 0 Å². The number of nitrogens with zero attached hydrogens (tertiary/aromatic N) is 3. The van der Waals surface area contributed by atoms with Gasteiger partial charge >= 0.3 is 0 Å². The van der Waals surface area contributed by atoms with Crippen molar-refractivity contribution >= 4 is 46.8 Å². The molecule has 2 aromatic carbocycles. The third-order valence-corrected chi connectivity index (χ3v) is 5.50. The van der Waals surface area contributed by atoms with E-state index in [2.05, 4.69) is 21.0 Å². The molecule has 30 heavy (non-hydrogen) atoms. The van der Waals surface area contributed by atoms with E-state index >= 15 is 0 Å². The zero-order valence-corrected chi connectivity index (χ0v) is 18.3. The van der Waals surface area contributed by atoms with Crippen LogP contribution in [0.4, 0.5) is 0 Å². The quantitative estimate of drug-likeness (QED) is 0.427. The molecule has 0 aliphatic carbocycles. The molecule has 0 spiro atoms. The van der Waals surface area contributed by atoms with Crippen LogP contribution < -0.4 is 15.6 Å². The first-order valence-corrected chi connectivity index (χ1v) is 10.3. The summed E-state index contributed by atoms with van der Waals surface area (Å²) in [6, 6.07) is 11.8. The SMILES string of the molecule is COc1ccc(Cl)cc1C(=O)NNC(=O)CSc1nnc(-c2ccc(Cl)cc2)n1C. The number of carbonyl (C=O) groups is 2. The highest BCUT2D eigenvalue weighted by Gasteiger charge is 2.16. The van der Waals surface area contributed by atoms with Crippen LogP contribution in [0, 0.1) is 0 Å². The van der Waals surface area contributed by atoms with Gasteiger partial charge in [0.25, 0.3) is 5.91 Å². The molecule has 2 amide bonds. The van der Waals surface area contributed by atoms with Crippen molar-refractivity contribution in [1.82, 2.24) is 25.6 Å². The van der Waals surface area contributed by atoms with Gasteiger partial charge in [0, 0.05) is 22.7 Å². The molecule has 0 fully saturated rings. The van der Waals surface area contributed by atoms with Crippen molar-refractivity contribution in [2.45, 2.75) is 5.16 Å². The Morgan fingerprint density at radius 3 is 2.47 bits per heavy atom. The minimum atomic E-state index is -0.545. The third-order valence-electron chi connectivity index (χ3n) is 3.99. The van der Waals surface area contributed by atoms with Gasteiger partial charge in [-0.15, -0.1) is 10.2 Å². The van der Waals surface area contributed by atoms with Crippen molar-refractivity contribution in [2.75, 3.05) is 12.9 Å². The molecule has 3 rings (SSSR count). The lowest BCUT2D eigenvalue weighted by Gasteiger charge is -2.10. The first-order chi connectivity index (χ1) is 14.4. The number of aromatic nitrogens is 3. The Balaban J connectivity index is 1.56. The van der Waals surface area contributed by atoms with Gasteiger partial charge < -0.3 is 9.30 Å². The minimum absolute atomic E-state index is 0.0273. The number of hydrazine groups is 1. The van der Waals surface area contributed by atoms with Crippen LogP contribution in [0.2, 0.25) is 10.0 Å². The lowest BCUT2D eigenvalue weighted by Crippen LogP contribution is -2.42. The van der Waals surface area contributed by atoms with Crippen molar-refractivity contribution in [3.05, 3.63) is 58.1 Å². The standard InChI is InChI=1S/C19H17Cl2N5O3S/c1-26-17(11-3-5-12(20)6-4-11)23-25-19(26)30-10-16(27)22-24-18(28)14-9-13(21)7-8-15(14)29-2/h3-9H,10H2,1-2H3,(H,22,27)(H,24,28). The van der Waals surface area contributed by atoms with E-state index in [1.54, 1.807) is 35.9 Å². The minimum Gasteiger partial charge on any atom is -0.496 e.